The molecule has 0 radical (unpaired) electrons. The number of hydrogen-bond acceptors (Lipinski definition) is 3. The highest BCUT2D eigenvalue weighted by atomic mass is 35.5. The van der Waals surface area contributed by atoms with Crippen LogP contribution in [0.15, 0.2) is 60.7 Å². The van der Waals surface area contributed by atoms with Crippen LogP contribution in [0.5, 0.6) is 0 Å². The van der Waals surface area contributed by atoms with Crippen molar-refractivity contribution in [3.05, 3.63) is 82.5 Å². The van der Waals surface area contributed by atoms with Gasteiger partial charge in [0.25, 0.3) is 5.91 Å². The van der Waals surface area contributed by atoms with Crippen molar-refractivity contribution < 1.29 is 9.59 Å². The van der Waals surface area contributed by atoms with Crippen molar-refractivity contribution in [2.24, 2.45) is 7.05 Å². The zero-order chi connectivity index (χ0) is 19.2. The summed E-state index contributed by atoms with van der Waals surface area (Å²) in [5.74, 6) is -0.0194. The zero-order valence-electron chi connectivity index (χ0n) is 14.8. The lowest BCUT2D eigenvalue weighted by Crippen LogP contribution is -2.23. The van der Waals surface area contributed by atoms with Crippen molar-refractivity contribution in [1.29, 1.82) is 0 Å². The van der Waals surface area contributed by atoms with Gasteiger partial charge in [-0.2, -0.15) is 5.10 Å². The highest BCUT2D eigenvalue weighted by Gasteiger charge is 2.14. The van der Waals surface area contributed by atoms with Gasteiger partial charge in [0, 0.05) is 24.7 Å². The molecule has 138 valence electrons. The van der Waals surface area contributed by atoms with Crippen molar-refractivity contribution in [2.45, 2.75) is 13.0 Å². The number of aryl methyl sites for hydroxylation is 1. The Bertz CT molecular complexity index is 936. The molecular weight excluding hydrogens is 364 g/mol. The fourth-order valence-electron chi connectivity index (χ4n) is 2.54. The molecule has 3 rings (SSSR count). The summed E-state index contributed by atoms with van der Waals surface area (Å²) < 4.78 is 1.47. The quantitative estimate of drug-likeness (QED) is 0.687. The Kier molecular flexibility index (Phi) is 5.88. The zero-order valence-corrected chi connectivity index (χ0v) is 15.5. The van der Waals surface area contributed by atoms with Crippen molar-refractivity contribution in [2.75, 3.05) is 5.32 Å². The largest absolute Gasteiger partial charge is 0.347 e. The van der Waals surface area contributed by atoms with Gasteiger partial charge in [0.15, 0.2) is 5.69 Å². The minimum Gasteiger partial charge on any atom is -0.347 e. The van der Waals surface area contributed by atoms with Crippen molar-refractivity contribution in [3.63, 3.8) is 0 Å². The van der Waals surface area contributed by atoms with E-state index >= 15 is 0 Å². The number of hydrogen-bond donors (Lipinski definition) is 2. The summed E-state index contributed by atoms with van der Waals surface area (Å²) in [6.45, 7) is 0.363. The molecule has 2 N–H and O–H groups in total. The Morgan fingerprint density at radius 2 is 1.74 bits per heavy atom. The van der Waals surface area contributed by atoms with E-state index in [1.807, 2.05) is 42.5 Å². The molecule has 1 heterocycles. The Labute approximate surface area is 162 Å². The van der Waals surface area contributed by atoms with Gasteiger partial charge in [-0.05, 0) is 23.3 Å². The van der Waals surface area contributed by atoms with Crippen LogP contribution in [-0.4, -0.2) is 21.6 Å². The van der Waals surface area contributed by atoms with Gasteiger partial charge in [-0.25, -0.2) is 0 Å². The number of carbonyl (C=O) groups is 2. The summed E-state index contributed by atoms with van der Waals surface area (Å²) in [6.07, 6.45) is 0.254. The smallest absolute Gasteiger partial charge is 0.272 e. The second-order valence-electron chi connectivity index (χ2n) is 6.06. The van der Waals surface area contributed by atoms with Crippen LogP contribution in [0.3, 0.4) is 0 Å². The number of nitrogens with one attached hydrogen (secondary N) is 2. The predicted octanol–water partition coefficient (Wildman–Crippen LogP) is 3.18. The molecule has 2 amide bonds. The van der Waals surface area contributed by atoms with Gasteiger partial charge in [-0.3, -0.25) is 14.3 Å². The number of carbonyl (C=O) groups excluding carboxylic acids is 2. The van der Waals surface area contributed by atoms with Gasteiger partial charge in [0.1, 0.15) is 5.82 Å². The first-order valence-corrected chi connectivity index (χ1v) is 8.79. The molecule has 0 aliphatic heterocycles. The van der Waals surface area contributed by atoms with Crippen LogP contribution in [-0.2, 0) is 24.8 Å². The Balaban J connectivity index is 1.58. The predicted molar refractivity (Wildman–Crippen MR) is 105 cm³/mol. The Morgan fingerprint density at radius 3 is 2.44 bits per heavy atom. The number of aromatic nitrogens is 2. The minimum absolute atomic E-state index is 0.169. The number of anilines is 1. The third-order valence-electron chi connectivity index (χ3n) is 3.95. The molecule has 0 spiro atoms. The molecule has 0 bridgehead atoms. The molecule has 6 nitrogen and oxygen atoms in total. The molecular formula is C20H19ClN4O2. The first-order valence-electron chi connectivity index (χ1n) is 8.42. The highest BCUT2D eigenvalue weighted by molar-refractivity contribution is 6.30. The third-order valence-corrected chi connectivity index (χ3v) is 4.21. The lowest BCUT2D eigenvalue weighted by atomic mass is 10.1. The molecule has 0 aliphatic carbocycles. The van der Waals surface area contributed by atoms with E-state index < -0.39 is 0 Å². The molecule has 0 saturated carbocycles. The molecule has 7 heteroatoms. The molecule has 27 heavy (non-hydrogen) atoms. The van der Waals surface area contributed by atoms with E-state index in [0.717, 1.165) is 11.1 Å². The summed E-state index contributed by atoms with van der Waals surface area (Å²) >= 11 is 5.85. The molecule has 0 fully saturated rings. The molecule has 0 aliphatic rings. The standard InChI is InChI=1S/C20H19ClN4O2/c1-25-18(23-19(26)11-14-5-3-2-4-6-14)12-17(24-25)20(27)22-13-15-7-9-16(21)10-8-15/h2-10,12H,11,13H2,1H3,(H,22,27)(H,23,26). The lowest BCUT2D eigenvalue weighted by Gasteiger charge is -2.04. The lowest BCUT2D eigenvalue weighted by molar-refractivity contribution is -0.115. The summed E-state index contributed by atoms with van der Waals surface area (Å²) in [4.78, 5) is 24.5. The summed E-state index contributed by atoms with van der Waals surface area (Å²) in [6, 6.07) is 18.2. The van der Waals surface area contributed by atoms with Crippen molar-refractivity contribution in [1.82, 2.24) is 15.1 Å². The normalized spacial score (nSPS) is 10.4. The summed E-state index contributed by atoms with van der Waals surface area (Å²) in [7, 11) is 1.67. The van der Waals surface area contributed by atoms with Gasteiger partial charge in [-0.15, -0.1) is 0 Å². The number of amides is 2. The first kappa shape index (κ1) is 18.7. The van der Waals surface area contributed by atoms with E-state index in [2.05, 4.69) is 15.7 Å². The summed E-state index contributed by atoms with van der Waals surface area (Å²) in [5.41, 5.74) is 2.08. The highest BCUT2D eigenvalue weighted by Crippen LogP contribution is 2.12. The van der Waals surface area contributed by atoms with Gasteiger partial charge >= 0.3 is 0 Å². The maximum atomic E-state index is 12.3. The summed E-state index contributed by atoms with van der Waals surface area (Å²) in [5, 5.41) is 10.4. The fourth-order valence-corrected chi connectivity index (χ4v) is 2.66. The maximum absolute atomic E-state index is 12.3. The third kappa shape index (κ3) is 5.18. The topological polar surface area (TPSA) is 76.0 Å². The average Bonchev–Trinajstić information content (AvgIpc) is 3.02. The van der Waals surface area contributed by atoms with Crippen LogP contribution < -0.4 is 10.6 Å². The Hall–Kier alpha value is -3.12. The van der Waals surface area contributed by atoms with Crippen LogP contribution in [0, 0.1) is 0 Å². The average molecular weight is 383 g/mol. The van der Waals surface area contributed by atoms with E-state index in [9.17, 15) is 9.59 Å². The molecule has 2 aromatic carbocycles. The van der Waals surface area contributed by atoms with E-state index in [0.29, 0.717) is 17.4 Å². The number of rotatable bonds is 6. The van der Waals surface area contributed by atoms with Crippen LogP contribution in [0.2, 0.25) is 5.02 Å². The van der Waals surface area contributed by atoms with E-state index in [-0.39, 0.29) is 23.9 Å². The molecule has 1 aromatic heterocycles. The fraction of sp³-hybridized carbons (Fsp3) is 0.150. The molecule has 0 atom stereocenters. The van der Waals surface area contributed by atoms with E-state index in [1.54, 1.807) is 25.2 Å². The molecule has 0 saturated heterocycles. The SMILES string of the molecule is Cn1nc(C(=O)NCc2ccc(Cl)cc2)cc1NC(=O)Cc1ccccc1. The van der Waals surface area contributed by atoms with Crippen LogP contribution in [0.4, 0.5) is 5.82 Å². The molecule has 3 aromatic rings. The van der Waals surface area contributed by atoms with Gasteiger partial charge < -0.3 is 10.6 Å². The second-order valence-corrected chi connectivity index (χ2v) is 6.49. The minimum atomic E-state index is -0.316. The van der Waals surface area contributed by atoms with Crippen molar-refractivity contribution >= 4 is 29.2 Å². The number of halogens is 1. The van der Waals surface area contributed by atoms with E-state index in [4.69, 9.17) is 11.6 Å². The van der Waals surface area contributed by atoms with Crippen molar-refractivity contribution in [3.8, 4) is 0 Å². The first-order chi connectivity index (χ1) is 13.0. The second kappa shape index (κ2) is 8.51. The van der Waals surface area contributed by atoms with Crippen LogP contribution in [0.25, 0.3) is 0 Å². The maximum Gasteiger partial charge on any atom is 0.272 e. The van der Waals surface area contributed by atoms with Gasteiger partial charge in [0.05, 0.1) is 6.42 Å². The monoisotopic (exact) mass is 382 g/mol. The number of benzene rings is 2. The molecule has 0 unspecified atom stereocenters. The Morgan fingerprint density at radius 1 is 1.04 bits per heavy atom. The van der Waals surface area contributed by atoms with Crippen LogP contribution >= 0.6 is 11.6 Å². The van der Waals surface area contributed by atoms with Crippen LogP contribution in [0.1, 0.15) is 21.6 Å². The number of nitrogens with zero attached hydrogens (tertiary/aromatic N) is 2. The van der Waals surface area contributed by atoms with Gasteiger partial charge in [0.2, 0.25) is 5.91 Å². The van der Waals surface area contributed by atoms with E-state index in [1.165, 1.54) is 4.68 Å². The van der Waals surface area contributed by atoms with Gasteiger partial charge in [-0.1, -0.05) is 54.1 Å².